The average molecular weight is 365 g/mol. The fraction of sp³-hybridized carbons (Fsp3) is 0.0556. The van der Waals surface area contributed by atoms with Gasteiger partial charge in [-0.1, -0.05) is 17.7 Å². The minimum atomic E-state index is -0.189. The second kappa shape index (κ2) is 6.53. The van der Waals surface area contributed by atoms with Gasteiger partial charge in [0.1, 0.15) is 16.5 Å². The highest BCUT2D eigenvalue weighted by molar-refractivity contribution is 6.29. The summed E-state index contributed by atoms with van der Waals surface area (Å²) in [4.78, 5) is 32.0. The number of nitrogens with one attached hydrogen (secondary N) is 2. The van der Waals surface area contributed by atoms with Gasteiger partial charge in [0, 0.05) is 31.1 Å². The molecule has 0 saturated carbocycles. The van der Waals surface area contributed by atoms with Gasteiger partial charge in [0.25, 0.3) is 0 Å². The van der Waals surface area contributed by atoms with Crippen LogP contribution in [0, 0.1) is 0 Å². The molecule has 0 aliphatic carbocycles. The van der Waals surface area contributed by atoms with Crippen molar-refractivity contribution in [1.29, 1.82) is 0 Å². The predicted octanol–water partition coefficient (Wildman–Crippen LogP) is 3.69. The Morgan fingerprint density at radius 1 is 1.12 bits per heavy atom. The van der Waals surface area contributed by atoms with Gasteiger partial charge in [0.05, 0.1) is 17.0 Å². The lowest BCUT2D eigenvalue weighted by atomic mass is 10.1. The Bertz CT molecular complexity index is 1120. The van der Waals surface area contributed by atoms with Gasteiger partial charge in [-0.2, -0.15) is 0 Å². The minimum Gasteiger partial charge on any atom is -0.337 e. The van der Waals surface area contributed by atoms with Crippen molar-refractivity contribution in [2.45, 2.75) is 6.92 Å². The molecule has 0 saturated heterocycles. The summed E-state index contributed by atoms with van der Waals surface area (Å²) in [5.41, 5.74) is 4.38. The van der Waals surface area contributed by atoms with Crippen LogP contribution in [0.25, 0.3) is 33.7 Å². The molecule has 128 valence electrons. The van der Waals surface area contributed by atoms with Gasteiger partial charge in [0.15, 0.2) is 5.65 Å². The lowest BCUT2D eigenvalue weighted by molar-refractivity contribution is -0.114. The van der Waals surface area contributed by atoms with Crippen molar-refractivity contribution < 1.29 is 4.79 Å². The molecule has 8 heteroatoms. The summed E-state index contributed by atoms with van der Waals surface area (Å²) in [7, 11) is 0. The number of carbonyl (C=O) groups excluding carboxylic acids is 1. The van der Waals surface area contributed by atoms with Crippen molar-refractivity contribution >= 4 is 34.5 Å². The fourth-order valence-electron chi connectivity index (χ4n) is 2.76. The maximum Gasteiger partial charge on any atom is 0.222 e. The van der Waals surface area contributed by atoms with E-state index in [1.54, 1.807) is 30.7 Å². The van der Waals surface area contributed by atoms with E-state index < -0.39 is 0 Å². The fourth-order valence-corrected chi connectivity index (χ4v) is 2.92. The molecule has 0 fully saturated rings. The average Bonchev–Trinajstić information content (AvgIpc) is 3.01. The Hall–Kier alpha value is -3.32. The van der Waals surface area contributed by atoms with Crippen LogP contribution in [0.1, 0.15) is 6.92 Å². The van der Waals surface area contributed by atoms with Crippen LogP contribution in [0.2, 0.25) is 5.15 Å². The Balaban J connectivity index is 1.96. The zero-order valence-electron chi connectivity index (χ0n) is 13.7. The maximum atomic E-state index is 11.3. The highest BCUT2D eigenvalue weighted by Crippen LogP contribution is 2.36. The van der Waals surface area contributed by atoms with Crippen molar-refractivity contribution in [3.05, 3.63) is 54.1 Å². The molecule has 4 rings (SSSR count). The minimum absolute atomic E-state index is 0.189. The molecule has 4 aromatic heterocycles. The first-order valence-corrected chi connectivity index (χ1v) is 8.19. The Morgan fingerprint density at radius 3 is 2.77 bits per heavy atom. The molecule has 4 aromatic rings. The highest BCUT2D eigenvalue weighted by Gasteiger charge is 2.18. The van der Waals surface area contributed by atoms with Gasteiger partial charge in [-0.25, -0.2) is 15.0 Å². The monoisotopic (exact) mass is 364 g/mol. The number of fused-ring (bicyclic) bond motifs is 1. The second-order valence-corrected chi connectivity index (χ2v) is 5.97. The number of halogens is 1. The van der Waals surface area contributed by atoms with E-state index in [0.717, 1.165) is 16.8 Å². The number of rotatable bonds is 3. The van der Waals surface area contributed by atoms with E-state index in [4.69, 9.17) is 11.6 Å². The van der Waals surface area contributed by atoms with Crippen LogP contribution in [0.5, 0.6) is 0 Å². The summed E-state index contributed by atoms with van der Waals surface area (Å²) in [6.45, 7) is 1.44. The molecule has 4 heterocycles. The molecule has 0 unspecified atom stereocenters. The van der Waals surface area contributed by atoms with Crippen LogP contribution in [0.15, 0.2) is 48.9 Å². The van der Waals surface area contributed by atoms with Crippen LogP contribution < -0.4 is 5.32 Å². The summed E-state index contributed by atoms with van der Waals surface area (Å²) in [6.07, 6.45) is 4.87. The first-order valence-electron chi connectivity index (χ1n) is 7.81. The molecule has 7 nitrogen and oxygen atoms in total. The molecular weight excluding hydrogens is 352 g/mol. The van der Waals surface area contributed by atoms with Crippen LogP contribution >= 0.6 is 11.6 Å². The maximum absolute atomic E-state index is 11.3. The summed E-state index contributed by atoms with van der Waals surface area (Å²) < 4.78 is 0. The molecular formula is C18H13ClN6O. The molecule has 0 aliphatic rings. The molecule has 0 atom stereocenters. The van der Waals surface area contributed by atoms with Crippen molar-refractivity contribution in [2.75, 3.05) is 5.32 Å². The predicted molar refractivity (Wildman–Crippen MR) is 99.7 cm³/mol. The molecule has 2 N–H and O–H groups in total. The Morgan fingerprint density at radius 2 is 1.96 bits per heavy atom. The third kappa shape index (κ3) is 3.00. The quantitative estimate of drug-likeness (QED) is 0.540. The number of hydrogen-bond acceptors (Lipinski definition) is 5. The molecule has 0 bridgehead atoms. The van der Waals surface area contributed by atoms with Gasteiger partial charge in [-0.05, 0) is 24.3 Å². The van der Waals surface area contributed by atoms with E-state index in [1.807, 2.05) is 18.2 Å². The number of anilines is 1. The van der Waals surface area contributed by atoms with Gasteiger partial charge in [-0.3, -0.25) is 9.78 Å². The van der Waals surface area contributed by atoms with E-state index in [9.17, 15) is 4.79 Å². The summed E-state index contributed by atoms with van der Waals surface area (Å²) >= 11 is 6.08. The van der Waals surface area contributed by atoms with Crippen LogP contribution in [-0.2, 0) is 4.79 Å². The third-order valence-corrected chi connectivity index (χ3v) is 3.96. The van der Waals surface area contributed by atoms with Crippen LogP contribution in [0.4, 0.5) is 5.82 Å². The topological polar surface area (TPSA) is 96.5 Å². The second-order valence-electron chi connectivity index (χ2n) is 5.59. The van der Waals surface area contributed by atoms with Crippen molar-refractivity contribution in [2.24, 2.45) is 0 Å². The van der Waals surface area contributed by atoms with Crippen molar-refractivity contribution in [3.63, 3.8) is 0 Å². The van der Waals surface area contributed by atoms with E-state index in [1.165, 1.54) is 6.92 Å². The molecule has 0 aromatic carbocycles. The zero-order valence-corrected chi connectivity index (χ0v) is 14.4. The number of nitrogens with zero attached hydrogens (tertiary/aromatic N) is 4. The lowest BCUT2D eigenvalue weighted by Gasteiger charge is -2.07. The zero-order chi connectivity index (χ0) is 18.1. The van der Waals surface area contributed by atoms with Gasteiger partial charge in [0.2, 0.25) is 5.91 Å². The Labute approximate surface area is 153 Å². The molecule has 26 heavy (non-hydrogen) atoms. The molecule has 1 amide bonds. The van der Waals surface area contributed by atoms with E-state index in [2.05, 4.69) is 30.2 Å². The summed E-state index contributed by atoms with van der Waals surface area (Å²) in [6, 6.07) is 9.03. The van der Waals surface area contributed by atoms with E-state index >= 15 is 0 Å². The number of H-pyrrole nitrogens is 1. The number of aromatic nitrogens is 5. The normalized spacial score (nSPS) is 10.8. The Kier molecular flexibility index (Phi) is 4.06. The number of aromatic amines is 1. The molecule has 0 spiro atoms. The van der Waals surface area contributed by atoms with E-state index in [0.29, 0.717) is 27.8 Å². The highest BCUT2D eigenvalue weighted by atomic mass is 35.5. The molecule has 0 aliphatic heterocycles. The number of pyridine rings is 2. The van der Waals surface area contributed by atoms with Crippen LogP contribution in [0.3, 0.4) is 0 Å². The van der Waals surface area contributed by atoms with Gasteiger partial charge < -0.3 is 10.3 Å². The van der Waals surface area contributed by atoms with Crippen molar-refractivity contribution in [3.8, 4) is 22.5 Å². The first kappa shape index (κ1) is 16.2. The number of carbonyl (C=O) groups is 1. The van der Waals surface area contributed by atoms with Gasteiger partial charge in [-0.15, -0.1) is 0 Å². The van der Waals surface area contributed by atoms with Crippen molar-refractivity contribution in [1.82, 2.24) is 24.9 Å². The number of amides is 1. The summed E-state index contributed by atoms with van der Waals surface area (Å²) in [5, 5.41) is 3.07. The standard InChI is InChI=1S/C18H13ClN6O/c1-10(26)23-14-9-11(5-6-20-14)16-15(12-3-2-4-13(19)24-12)17-18(25-16)22-8-7-21-17/h2-9H,1H3,(H,22,25)(H,20,23,26). The third-order valence-electron chi connectivity index (χ3n) is 3.75. The SMILES string of the molecule is CC(=O)Nc1cc(-c2[nH]c3nccnc3c2-c2cccc(Cl)n2)ccn1. The lowest BCUT2D eigenvalue weighted by Crippen LogP contribution is -2.07. The van der Waals surface area contributed by atoms with Crippen LogP contribution in [-0.4, -0.2) is 30.8 Å². The largest absolute Gasteiger partial charge is 0.337 e. The van der Waals surface area contributed by atoms with E-state index in [-0.39, 0.29) is 5.91 Å². The number of hydrogen-bond donors (Lipinski definition) is 2. The summed E-state index contributed by atoms with van der Waals surface area (Å²) in [5.74, 6) is 0.269. The smallest absolute Gasteiger partial charge is 0.222 e. The molecule has 0 radical (unpaired) electrons. The first-order chi connectivity index (χ1) is 12.6. The van der Waals surface area contributed by atoms with Gasteiger partial charge >= 0.3 is 0 Å².